The van der Waals surface area contributed by atoms with Crippen LogP contribution in [0.5, 0.6) is 0 Å². The van der Waals surface area contributed by atoms with E-state index in [9.17, 15) is 0 Å². The molecule has 0 saturated carbocycles. The number of aromatic nitrogens is 2. The van der Waals surface area contributed by atoms with Crippen molar-refractivity contribution in [1.29, 1.82) is 0 Å². The van der Waals surface area contributed by atoms with Crippen LogP contribution in [0.2, 0.25) is 0 Å². The van der Waals surface area contributed by atoms with E-state index in [2.05, 4.69) is 23.0 Å². The maximum Gasteiger partial charge on any atom is 0.128 e. The van der Waals surface area contributed by atoms with Gasteiger partial charge in [0, 0.05) is 29.8 Å². The third-order valence-electron chi connectivity index (χ3n) is 3.86. The Hall–Kier alpha value is -1.00. The summed E-state index contributed by atoms with van der Waals surface area (Å²) in [4.78, 5) is 11.5. The second-order valence-corrected chi connectivity index (χ2v) is 6.46. The fraction of sp³-hybridized carbons (Fsp3) is 0.733. The third kappa shape index (κ3) is 4.55. The molecule has 1 aromatic heterocycles. The maximum atomic E-state index is 6.02. The Morgan fingerprint density at radius 1 is 1.37 bits per heavy atom. The van der Waals surface area contributed by atoms with Crippen molar-refractivity contribution in [2.24, 2.45) is 5.73 Å². The molecular weight excluding hydrogens is 236 g/mol. The molecule has 19 heavy (non-hydrogen) atoms. The van der Waals surface area contributed by atoms with E-state index >= 15 is 0 Å². The number of rotatable bonds is 4. The normalized spacial score (nSPS) is 18.7. The molecule has 1 aliphatic heterocycles. The largest absolute Gasteiger partial charge is 0.326 e. The van der Waals surface area contributed by atoms with Crippen LogP contribution in [-0.4, -0.2) is 40.5 Å². The van der Waals surface area contributed by atoms with Crippen molar-refractivity contribution in [1.82, 2.24) is 14.9 Å². The van der Waals surface area contributed by atoms with Gasteiger partial charge in [0.15, 0.2) is 0 Å². The van der Waals surface area contributed by atoms with Gasteiger partial charge in [-0.2, -0.15) is 0 Å². The van der Waals surface area contributed by atoms with Crippen molar-refractivity contribution >= 4 is 0 Å². The predicted molar refractivity (Wildman–Crippen MR) is 78.1 cm³/mol. The number of piperidine rings is 1. The van der Waals surface area contributed by atoms with Crippen LogP contribution in [-0.2, 0) is 6.42 Å². The summed E-state index contributed by atoms with van der Waals surface area (Å²) in [6.07, 6.45) is 6.10. The van der Waals surface area contributed by atoms with Crippen LogP contribution in [0.3, 0.4) is 0 Å². The molecule has 2 rings (SSSR count). The minimum absolute atomic E-state index is 0.146. The van der Waals surface area contributed by atoms with Crippen molar-refractivity contribution in [2.45, 2.75) is 51.0 Å². The second-order valence-electron chi connectivity index (χ2n) is 6.46. The van der Waals surface area contributed by atoms with Crippen molar-refractivity contribution in [3.8, 4) is 0 Å². The van der Waals surface area contributed by atoms with E-state index in [1.165, 1.54) is 31.6 Å². The fourth-order valence-corrected chi connectivity index (χ4v) is 2.50. The summed E-state index contributed by atoms with van der Waals surface area (Å²) in [5, 5.41) is 0. The van der Waals surface area contributed by atoms with Crippen LogP contribution >= 0.6 is 0 Å². The van der Waals surface area contributed by atoms with E-state index in [4.69, 9.17) is 10.7 Å². The highest BCUT2D eigenvalue weighted by Crippen LogP contribution is 2.25. The highest BCUT2D eigenvalue weighted by Gasteiger charge is 2.20. The van der Waals surface area contributed by atoms with E-state index < -0.39 is 0 Å². The van der Waals surface area contributed by atoms with Crippen LogP contribution < -0.4 is 5.73 Å². The molecule has 0 atom stereocenters. The van der Waals surface area contributed by atoms with Gasteiger partial charge in [0.2, 0.25) is 0 Å². The molecule has 106 valence electrons. The molecule has 1 saturated heterocycles. The van der Waals surface area contributed by atoms with Gasteiger partial charge in [0.25, 0.3) is 0 Å². The fourth-order valence-electron chi connectivity index (χ4n) is 2.50. The lowest BCUT2D eigenvalue weighted by Gasteiger charge is -2.28. The molecule has 1 aliphatic rings. The molecular formula is C15H26N4. The molecule has 2 heterocycles. The van der Waals surface area contributed by atoms with Crippen LogP contribution in [0.4, 0.5) is 0 Å². The molecule has 1 fully saturated rings. The first-order valence-corrected chi connectivity index (χ1v) is 7.23. The quantitative estimate of drug-likeness (QED) is 0.901. The molecule has 0 amide bonds. The summed E-state index contributed by atoms with van der Waals surface area (Å²) in [7, 11) is 2.19. The lowest BCUT2D eigenvalue weighted by Crippen LogP contribution is -2.32. The third-order valence-corrected chi connectivity index (χ3v) is 3.86. The lowest BCUT2D eigenvalue weighted by molar-refractivity contribution is 0.253. The van der Waals surface area contributed by atoms with Gasteiger partial charge in [0.05, 0.1) is 0 Å². The van der Waals surface area contributed by atoms with Gasteiger partial charge in [0.1, 0.15) is 5.82 Å². The van der Waals surface area contributed by atoms with Crippen LogP contribution in [0, 0.1) is 0 Å². The highest BCUT2D eigenvalue weighted by atomic mass is 15.1. The Morgan fingerprint density at radius 2 is 2.05 bits per heavy atom. The molecule has 0 aromatic carbocycles. The first-order valence-electron chi connectivity index (χ1n) is 7.23. The molecule has 2 N–H and O–H groups in total. The Morgan fingerprint density at radius 3 is 2.68 bits per heavy atom. The van der Waals surface area contributed by atoms with Crippen LogP contribution in [0.1, 0.15) is 50.5 Å². The highest BCUT2D eigenvalue weighted by molar-refractivity contribution is 5.10. The Balaban J connectivity index is 1.99. The van der Waals surface area contributed by atoms with Gasteiger partial charge in [-0.05, 0) is 59.3 Å². The van der Waals surface area contributed by atoms with Gasteiger partial charge in [-0.3, -0.25) is 0 Å². The van der Waals surface area contributed by atoms with Gasteiger partial charge in [-0.1, -0.05) is 0 Å². The number of hydrogen-bond donors (Lipinski definition) is 1. The van der Waals surface area contributed by atoms with Crippen molar-refractivity contribution in [3.05, 3.63) is 23.8 Å². The van der Waals surface area contributed by atoms with Gasteiger partial charge in [-0.15, -0.1) is 0 Å². The van der Waals surface area contributed by atoms with Gasteiger partial charge < -0.3 is 10.6 Å². The van der Waals surface area contributed by atoms with Gasteiger partial charge >= 0.3 is 0 Å². The van der Waals surface area contributed by atoms with Crippen molar-refractivity contribution in [2.75, 3.05) is 20.1 Å². The standard InChI is InChI=1S/C15H26N4/c1-15(2,16)8-4-14-17-9-5-13(18-14)12-6-10-19(3)11-7-12/h5,9,12H,4,6-8,10-11,16H2,1-3H3. The summed E-state index contributed by atoms with van der Waals surface area (Å²) in [6, 6.07) is 2.08. The number of aryl methyl sites for hydroxylation is 1. The predicted octanol–water partition coefficient (Wildman–Crippen LogP) is 1.96. The molecule has 4 nitrogen and oxygen atoms in total. The van der Waals surface area contributed by atoms with Crippen molar-refractivity contribution in [3.63, 3.8) is 0 Å². The summed E-state index contributed by atoms with van der Waals surface area (Å²) >= 11 is 0. The summed E-state index contributed by atoms with van der Waals surface area (Å²) in [5.41, 5.74) is 7.09. The Bertz CT molecular complexity index is 403. The molecule has 0 unspecified atom stereocenters. The van der Waals surface area contributed by atoms with Crippen LogP contribution in [0.25, 0.3) is 0 Å². The molecule has 4 heteroatoms. The molecule has 0 aliphatic carbocycles. The molecule has 0 radical (unpaired) electrons. The Kier molecular flexibility index (Phi) is 4.53. The topological polar surface area (TPSA) is 55.0 Å². The lowest BCUT2D eigenvalue weighted by atomic mass is 9.93. The summed E-state index contributed by atoms with van der Waals surface area (Å²) < 4.78 is 0. The van der Waals surface area contributed by atoms with Gasteiger partial charge in [-0.25, -0.2) is 9.97 Å². The van der Waals surface area contributed by atoms with E-state index in [-0.39, 0.29) is 5.54 Å². The maximum absolute atomic E-state index is 6.02. The number of nitrogens with zero attached hydrogens (tertiary/aromatic N) is 3. The van der Waals surface area contributed by atoms with Crippen molar-refractivity contribution < 1.29 is 0 Å². The second kappa shape index (κ2) is 5.97. The van der Waals surface area contributed by atoms with E-state index in [0.717, 1.165) is 18.7 Å². The number of nitrogens with two attached hydrogens (primary N) is 1. The zero-order valence-electron chi connectivity index (χ0n) is 12.4. The van der Waals surface area contributed by atoms with E-state index in [0.29, 0.717) is 5.92 Å². The first-order chi connectivity index (χ1) is 8.94. The zero-order valence-corrected chi connectivity index (χ0v) is 12.4. The number of likely N-dealkylation sites (tertiary alicyclic amines) is 1. The van der Waals surface area contributed by atoms with Crippen LogP contribution in [0.15, 0.2) is 12.3 Å². The van der Waals surface area contributed by atoms with E-state index in [1.54, 1.807) is 0 Å². The molecule has 0 spiro atoms. The first kappa shape index (κ1) is 14.4. The minimum atomic E-state index is -0.146. The number of hydrogen-bond acceptors (Lipinski definition) is 4. The Labute approximate surface area is 116 Å². The SMILES string of the molecule is CN1CCC(c2ccnc(CCC(C)(C)N)n2)CC1. The molecule has 1 aromatic rings. The smallest absolute Gasteiger partial charge is 0.128 e. The average Bonchev–Trinajstić information content (AvgIpc) is 2.37. The summed E-state index contributed by atoms with van der Waals surface area (Å²) in [5.74, 6) is 1.54. The molecule has 0 bridgehead atoms. The summed E-state index contributed by atoms with van der Waals surface area (Å²) in [6.45, 7) is 6.43. The van der Waals surface area contributed by atoms with E-state index in [1.807, 2.05) is 20.0 Å². The monoisotopic (exact) mass is 262 g/mol. The minimum Gasteiger partial charge on any atom is -0.326 e. The zero-order chi connectivity index (χ0) is 13.9. The average molecular weight is 262 g/mol.